The molecule has 2 aromatic carbocycles. The Hall–Kier alpha value is -2.44. The Morgan fingerprint density at radius 2 is 1.86 bits per heavy atom. The van der Waals surface area contributed by atoms with E-state index in [1.54, 1.807) is 18.4 Å². The van der Waals surface area contributed by atoms with Gasteiger partial charge in [-0.25, -0.2) is 4.98 Å². The van der Waals surface area contributed by atoms with Crippen LogP contribution in [-0.2, 0) is 0 Å². The van der Waals surface area contributed by atoms with Crippen LogP contribution >= 0.6 is 11.3 Å². The molecule has 3 aromatic rings. The van der Waals surface area contributed by atoms with Crippen LogP contribution in [0.5, 0.6) is 5.75 Å². The third-order valence-electron chi connectivity index (χ3n) is 4.95. The minimum absolute atomic E-state index is 0.0233. The van der Waals surface area contributed by atoms with Gasteiger partial charge in [-0.1, -0.05) is 17.4 Å². The van der Waals surface area contributed by atoms with Gasteiger partial charge in [0.05, 0.1) is 38.0 Å². The summed E-state index contributed by atoms with van der Waals surface area (Å²) in [6, 6.07) is 11.5. The van der Waals surface area contributed by atoms with Crippen molar-refractivity contribution in [2.24, 2.45) is 0 Å². The summed E-state index contributed by atoms with van der Waals surface area (Å²) >= 11 is 1.58. The van der Waals surface area contributed by atoms with Gasteiger partial charge in [-0.3, -0.25) is 9.69 Å². The van der Waals surface area contributed by atoms with Gasteiger partial charge in [0, 0.05) is 18.5 Å². The third kappa shape index (κ3) is 4.34. The SMILES string of the molecule is COc1ccc(C(=O)N(CCC[NH+](C)C)c2nc3c(C)c(C)ccc3s2)cc1. The third-order valence-corrected chi connectivity index (χ3v) is 5.99. The number of carbonyl (C=O) groups is 1. The van der Waals surface area contributed by atoms with Crippen LogP contribution in [0.15, 0.2) is 36.4 Å². The van der Waals surface area contributed by atoms with Crippen molar-refractivity contribution in [3.05, 3.63) is 53.1 Å². The number of rotatable bonds is 7. The molecule has 0 radical (unpaired) electrons. The molecule has 1 N–H and O–H groups in total. The zero-order chi connectivity index (χ0) is 20.3. The molecule has 148 valence electrons. The second-order valence-corrected chi connectivity index (χ2v) is 8.36. The first kappa shape index (κ1) is 20.3. The number of hydrogen-bond donors (Lipinski definition) is 1. The summed E-state index contributed by atoms with van der Waals surface area (Å²) in [5.74, 6) is 0.718. The molecule has 0 saturated carbocycles. The van der Waals surface area contributed by atoms with Crippen molar-refractivity contribution >= 4 is 32.6 Å². The molecule has 0 atom stereocenters. The van der Waals surface area contributed by atoms with Gasteiger partial charge in [0.15, 0.2) is 5.13 Å². The first-order valence-electron chi connectivity index (χ1n) is 9.52. The molecule has 0 aliphatic rings. The monoisotopic (exact) mass is 398 g/mol. The van der Waals surface area contributed by atoms with E-state index in [1.807, 2.05) is 29.2 Å². The van der Waals surface area contributed by atoms with Crippen molar-refractivity contribution in [2.45, 2.75) is 20.3 Å². The lowest BCUT2D eigenvalue weighted by Gasteiger charge is -2.20. The molecule has 0 bridgehead atoms. The number of aryl methyl sites for hydroxylation is 2. The van der Waals surface area contributed by atoms with E-state index < -0.39 is 0 Å². The lowest BCUT2D eigenvalue weighted by atomic mass is 10.1. The van der Waals surface area contributed by atoms with Crippen LogP contribution < -0.4 is 14.5 Å². The molecule has 1 heterocycles. The van der Waals surface area contributed by atoms with Gasteiger partial charge in [0.1, 0.15) is 5.75 Å². The maximum Gasteiger partial charge on any atom is 0.260 e. The number of anilines is 1. The number of fused-ring (bicyclic) bond motifs is 1. The minimum Gasteiger partial charge on any atom is -0.497 e. The van der Waals surface area contributed by atoms with E-state index in [4.69, 9.17) is 9.72 Å². The number of nitrogens with zero attached hydrogens (tertiary/aromatic N) is 2. The number of methoxy groups -OCH3 is 1. The number of nitrogens with one attached hydrogen (secondary N) is 1. The van der Waals surface area contributed by atoms with Crippen LogP contribution in [0.1, 0.15) is 27.9 Å². The zero-order valence-electron chi connectivity index (χ0n) is 17.2. The molecule has 1 aromatic heterocycles. The summed E-state index contributed by atoms with van der Waals surface area (Å²) in [5, 5.41) is 0.762. The molecule has 6 heteroatoms. The van der Waals surface area contributed by atoms with Gasteiger partial charge < -0.3 is 9.64 Å². The van der Waals surface area contributed by atoms with Crippen molar-refractivity contribution < 1.29 is 14.4 Å². The zero-order valence-corrected chi connectivity index (χ0v) is 18.0. The topological polar surface area (TPSA) is 46.9 Å². The lowest BCUT2D eigenvalue weighted by Crippen LogP contribution is -3.05. The van der Waals surface area contributed by atoms with Crippen LogP contribution in [-0.4, -0.2) is 45.2 Å². The van der Waals surface area contributed by atoms with Crippen molar-refractivity contribution in [3.63, 3.8) is 0 Å². The largest absolute Gasteiger partial charge is 0.497 e. The number of hydrogen-bond acceptors (Lipinski definition) is 4. The molecule has 0 fully saturated rings. The number of benzene rings is 2. The standard InChI is InChI=1S/C22H27N3O2S/c1-15-7-12-19-20(16(15)2)23-22(28-19)25(14-6-13-24(3)4)21(26)17-8-10-18(27-5)11-9-17/h7-12H,6,13-14H2,1-5H3/p+1. The van der Waals surface area contributed by atoms with Crippen LogP contribution in [0.4, 0.5) is 5.13 Å². The number of ether oxygens (including phenoxy) is 1. The Balaban J connectivity index is 1.96. The molecule has 0 aliphatic heterocycles. The molecule has 0 spiro atoms. The van der Waals surface area contributed by atoms with Crippen LogP contribution in [0.3, 0.4) is 0 Å². The second kappa shape index (κ2) is 8.71. The van der Waals surface area contributed by atoms with Gasteiger partial charge in [0.25, 0.3) is 5.91 Å². The summed E-state index contributed by atoms with van der Waals surface area (Å²) in [5.41, 5.74) is 4.03. The Labute approximate surface area is 170 Å². The average Bonchev–Trinajstić information content (AvgIpc) is 3.12. The Kier molecular flexibility index (Phi) is 6.31. The summed E-state index contributed by atoms with van der Waals surface area (Å²) in [7, 11) is 5.87. The quantitative estimate of drug-likeness (QED) is 0.665. The highest BCUT2D eigenvalue weighted by Gasteiger charge is 2.22. The highest BCUT2D eigenvalue weighted by atomic mass is 32.1. The van der Waals surface area contributed by atoms with Crippen LogP contribution in [0, 0.1) is 13.8 Å². The molecule has 3 rings (SSSR count). The Morgan fingerprint density at radius 1 is 1.14 bits per heavy atom. The van der Waals surface area contributed by atoms with Gasteiger partial charge in [-0.2, -0.15) is 0 Å². The second-order valence-electron chi connectivity index (χ2n) is 7.35. The number of amides is 1. The Morgan fingerprint density at radius 3 is 2.50 bits per heavy atom. The first-order valence-corrected chi connectivity index (χ1v) is 10.3. The molecular weight excluding hydrogens is 370 g/mol. The number of quaternary nitrogens is 1. The molecule has 28 heavy (non-hydrogen) atoms. The molecule has 1 amide bonds. The lowest BCUT2D eigenvalue weighted by molar-refractivity contribution is -0.858. The molecular formula is C22H28N3O2S+. The highest BCUT2D eigenvalue weighted by molar-refractivity contribution is 7.22. The molecule has 0 saturated heterocycles. The maximum absolute atomic E-state index is 13.3. The van der Waals surface area contributed by atoms with E-state index in [2.05, 4.69) is 40.1 Å². The van der Waals surface area contributed by atoms with Gasteiger partial charge in [-0.15, -0.1) is 0 Å². The van der Waals surface area contributed by atoms with Gasteiger partial charge >= 0.3 is 0 Å². The number of carbonyl (C=O) groups excluding carboxylic acids is 1. The molecule has 0 unspecified atom stereocenters. The summed E-state index contributed by atoms with van der Waals surface area (Å²) in [6.07, 6.45) is 0.915. The van der Waals surface area contributed by atoms with Crippen LogP contribution in [0.2, 0.25) is 0 Å². The van der Waals surface area contributed by atoms with E-state index in [0.717, 1.165) is 34.1 Å². The smallest absolute Gasteiger partial charge is 0.260 e. The van der Waals surface area contributed by atoms with E-state index in [-0.39, 0.29) is 5.91 Å². The summed E-state index contributed by atoms with van der Waals surface area (Å²) in [4.78, 5) is 21.3. The van der Waals surface area contributed by atoms with Gasteiger partial charge in [0.2, 0.25) is 0 Å². The molecule has 5 nitrogen and oxygen atoms in total. The maximum atomic E-state index is 13.3. The Bertz CT molecular complexity index is 964. The minimum atomic E-state index is -0.0233. The van der Waals surface area contributed by atoms with Crippen molar-refractivity contribution in [1.29, 1.82) is 0 Å². The van der Waals surface area contributed by atoms with E-state index in [0.29, 0.717) is 12.1 Å². The predicted molar refractivity (Wildman–Crippen MR) is 116 cm³/mol. The molecule has 0 aliphatic carbocycles. The number of thiazole rings is 1. The highest BCUT2D eigenvalue weighted by Crippen LogP contribution is 2.32. The van der Waals surface area contributed by atoms with Gasteiger partial charge in [-0.05, 0) is 55.3 Å². The van der Waals surface area contributed by atoms with E-state index in [1.165, 1.54) is 16.0 Å². The first-order chi connectivity index (χ1) is 13.4. The fourth-order valence-corrected chi connectivity index (χ4v) is 4.14. The van der Waals surface area contributed by atoms with Crippen molar-refractivity contribution in [2.75, 3.05) is 39.2 Å². The predicted octanol–water partition coefficient (Wildman–Crippen LogP) is 3.10. The van der Waals surface area contributed by atoms with Crippen molar-refractivity contribution in [1.82, 2.24) is 4.98 Å². The van der Waals surface area contributed by atoms with Crippen molar-refractivity contribution in [3.8, 4) is 5.75 Å². The fourth-order valence-electron chi connectivity index (χ4n) is 3.09. The van der Waals surface area contributed by atoms with E-state index in [9.17, 15) is 4.79 Å². The van der Waals surface area contributed by atoms with E-state index >= 15 is 0 Å². The normalized spacial score (nSPS) is 11.2. The average molecular weight is 399 g/mol. The summed E-state index contributed by atoms with van der Waals surface area (Å²) < 4.78 is 6.33. The fraction of sp³-hybridized carbons (Fsp3) is 0.364. The van der Waals surface area contributed by atoms with Crippen LogP contribution in [0.25, 0.3) is 10.2 Å². The summed E-state index contributed by atoms with van der Waals surface area (Å²) in [6.45, 7) is 5.82. The number of aromatic nitrogens is 1.